The van der Waals surface area contributed by atoms with Crippen LogP contribution in [0.3, 0.4) is 0 Å². The normalized spacial score (nSPS) is 12.1. The molecule has 3 aromatic rings. The molecule has 0 aromatic heterocycles. The molecule has 0 fully saturated rings. The number of nitrogens with zero attached hydrogens (tertiary/aromatic N) is 1. The Morgan fingerprint density at radius 3 is 1.76 bits per heavy atom. The fourth-order valence-corrected chi connectivity index (χ4v) is 3.35. The predicted octanol–water partition coefficient (Wildman–Crippen LogP) is 4.68. The van der Waals surface area contributed by atoms with Crippen molar-refractivity contribution in [3.8, 4) is 0 Å². The molecule has 0 radical (unpaired) electrons. The van der Waals surface area contributed by atoms with E-state index in [0.717, 1.165) is 6.07 Å². The van der Waals surface area contributed by atoms with Gasteiger partial charge in [-0.2, -0.15) is 0 Å². The first-order valence-electron chi connectivity index (χ1n) is 10.7. The Balaban J connectivity index is 1.96. The van der Waals surface area contributed by atoms with Crippen LogP contribution in [0.1, 0.15) is 26.3 Å². The van der Waals surface area contributed by atoms with Crippen LogP contribution in [0.15, 0.2) is 66.7 Å². The summed E-state index contributed by atoms with van der Waals surface area (Å²) < 4.78 is 10.3. The van der Waals surface area contributed by atoms with Gasteiger partial charge in [-0.15, -0.1) is 0 Å². The number of carbonyl (C=O) groups excluding carboxylic acids is 3. The largest absolute Gasteiger partial charge is 0.478 e. The summed E-state index contributed by atoms with van der Waals surface area (Å²) in [6.07, 6.45) is -4.50. The lowest BCUT2D eigenvalue weighted by atomic mass is 10.1. The Bertz CT molecular complexity index is 1390. The van der Waals surface area contributed by atoms with Gasteiger partial charge in [0, 0.05) is 22.2 Å². The van der Waals surface area contributed by atoms with E-state index in [1.165, 1.54) is 67.6 Å². The lowest BCUT2D eigenvalue weighted by Gasteiger charge is -2.24. The second kappa shape index (κ2) is 12.2. The third-order valence-electron chi connectivity index (χ3n) is 5.09. The van der Waals surface area contributed by atoms with Crippen molar-refractivity contribution in [2.75, 3.05) is 5.32 Å². The number of esters is 2. The Morgan fingerprint density at radius 1 is 0.842 bits per heavy atom. The second-order valence-corrected chi connectivity index (χ2v) is 8.62. The summed E-state index contributed by atoms with van der Waals surface area (Å²) in [4.78, 5) is 61.2. The van der Waals surface area contributed by atoms with Gasteiger partial charge in [0.1, 0.15) is 0 Å². The highest BCUT2D eigenvalue weighted by molar-refractivity contribution is 6.31. The zero-order valence-electron chi connectivity index (χ0n) is 19.4. The van der Waals surface area contributed by atoms with Crippen LogP contribution >= 0.6 is 23.2 Å². The topological polar surface area (TPSA) is 162 Å². The molecule has 11 nitrogen and oxygen atoms in total. The van der Waals surface area contributed by atoms with Gasteiger partial charge in [-0.25, -0.2) is 14.4 Å². The number of halogens is 2. The Labute approximate surface area is 225 Å². The van der Waals surface area contributed by atoms with Gasteiger partial charge in [-0.1, -0.05) is 29.3 Å². The zero-order chi connectivity index (χ0) is 28.0. The van der Waals surface area contributed by atoms with Crippen molar-refractivity contribution in [3.63, 3.8) is 0 Å². The average Bonchev–Trinajstić information content (AvgIpc) is 2.87. The third kappa shape index (κ3) is 7.05. The van der Waals surface area contributed by atoms with Crippen LogP contribution in [0.2, 0.25) is 10.0 Å². The molecule has 1 amide bonds. The highest BCUT2D eigenvalue weighted by Crippen LogP contribution is 2.23. The number of hydrogen-bond acceptors (Lipinski definition) is 8. The number of anilines is 1. The fraction of sp³-hybridized carbons (Fsp3) is 0.120. The van der Waals surface area contributed by atoms with Gasteiger partial charge in [0.2, 0.25) is 12.2 Å². The van der Waals surface area contributed by atoms with Gasteiger partial charge in [0.05, 0.1) is 21.7 Å². The Kier molecular flexibility index (Phi) is 9.00. The minimum absolute atomic E-state index is 0.0510. The number of carbonyl (C=O) groups is 4. The quantitative estimate of drug-likeness (QED) is 0.215. The molecule has 0 aliphatic carbocycles. The minimum Gasteiger partial charge on any atom is -0.478 e. The fourth-order valence-electron chi connectivity index (χ4n) is 3.10. The summed E-state index contributed by atoms with van der Waals surface area (Å²) in [6.45, 7) is 1.53. The van der Waals surface area contributed by atoms with Gasteiger partial charge in [0.15, 0.2) is 0 Å². The van der Waals surface area contributed by atoms with E-state index in [4.69, 9.17) is 32.7 Å². The van der Waals surface area contributed by atoms with E-state index in [2.05, 4.69) is 5.32 Å². The van der Waals surface area contributed by atoms with E-state index in [0.29, 0.717) is 15.6 Å². The summed E-state index contributed by atoms with van der Waals surface area (Å²) >= 11 is 11.6. The lowest BCUT2D eigenvalue weighted by molar-refractivity contribution is -0.384. The summed E-state index contributed by atoms with van der Waals surface area (Å²) in [5.74, 6) is -5.27. The van der Waals surface area contributed by atoms with Gasteiger partial charge in [-0.3, -0.25) is 14.9 Å². The van der Waals surface area contributed by atoms with E-state index >= 15 is 0 Å². The zero-order valence-corrected chi connectivity index (χ0v) is 20.9. The second-order valence-electron chi connectivity index (χ2n) is 7.75. The summed E-state index contributed by atoms with van der Waals surface area (Å²) in [6, 6.07) is 14.2. The van der Waals surface area contributed by atoms with Crippen molar-refractivity contribution in [2.24, 2.45) is 0 Å². The van der Waals surface area contributed by atoms with Gasteiger partial charge in [0.25, 0.3) is 11.6 Å². The Morgan fingerprint density at radius 2 is 1.32 bits per heavy atom. The van der Waals surface area contributed by atoms with Crippen molar-refractivity contribution in [1.29, 1.82) is 0 Å². The minimum atomic E-state index is -2.30. The molecule has 2 N–H and O–H groups in total. The molecule has 0 bridgehead atoms. The number of rotatable bonds is 9. The van der Waals surface area contributed by atoms with E-state index in [1.54, 1.807) is 0 Å². The number of carboxylic acids is 1. The number of hydrogen-bond donors (Lipinski definition) is 2. The molecular weight excluding hydrogens is 543 g/mol. The smallest absolute Gasteiger partial charge is 0.349 e. The third-order valence-corrected chi connectivity index (χ3v) is 5.60. The molecule has 3 rings (SSSR count). The van der Waals surface area contributed by atoms with E-state index in [1.807, 2.05) is 0 Å². The van der Waals surface area contributed by atoms with Crippen LogP contribution in [-0.4, -0.2) is 46.1 Å². The molecule has 13 heteroatoms. The monoisotopic (exact) mass is 560 g/mol. The highest BCUT2D eigenvalue weighted by Gasteiger charge is 2.41. The standard InChI is InChI=1S/C25H18Cl2N2O9/c1-13-2-11-18(29(35)36)12-19(13)28-22(30)20(37-24(33)14-3-7-16(26)8-4-14)21(23(31)32)38-25(34)15-5-9-17(27)10-6-15/h2-12,20-21H,1H3,(H,28,30)(H,31,32)/t20-,21-/m1/s1. The maximum Gasteiger partial charge on any atom is 0.349 e. The molecule has 38 heavy (non-hydrogen) atoms. The molecule has 0 heterocycles. The molecule has 0 unspecified atom stereocenters. The van der Waals surface area contributed by atoms with Gasteiger partial charge in [-0.05, 0) is 61.0 Å². The predicted molar refractivity (Wildman–Crippen MR) is 135 cm³/mol. The van der Waals surface area contributed by atoms with Crippen LogP contribution in [0.25, 0.3) is 0 Å². The van der Waals surface area contributed by atoms with Crippen LogP contribution in [0.4, 0.5) is 11.4 Å². The molecule has 0 aliphatic rings. The average molecular weight is 561 g/mol. The number of benzene rings is 3. The molecule has 2 atom stereocenters. The van der Waals surface area contributed by atoms with Crippen LogP contribution in [-0.2, 0) is 19.1 Å². The van der Waals surface area contributed by atoms with Gasteiger partial charge < -0.3 is 19.9 Å². The number of nitro groups is 1. The van der Waals surface area contributed by atoms with Crippen LogP contribution in [0, 0.1) is 17.0 Å². The van der Waals surface area contributed by atoms with Crippen molar-refractivity contribution < 1.29 is 38.7 Å². The molecule has 0 saturated carbocycles. The lowest BCUT2D eigenvalue weighted by Crippen LogP contribution is -2.48. The molecule has 196 valence electrons. The maximum atomic E-state index is 13.2. The van der Waals surface area contributed by atoms with Gasteiger partial charge >= 0.3 is 17.9 Å². The SMILES string of the molecule is Cc1ccc([N+](=O)[O-])cc1NC(=O)[C@H](OC(=O)c1ccc(Cl)cc1)[C@@H](OC(=O)c1ccc(Cl)cc1)C(=O)O. The van der Waals surface area contributed by atoms with Crippen molar-refractivity contribution in [2.45, 2.75) is 19.1 Å². The first kappa shape index (κ1) is 28.1. The first-order chi connectivity index (χ1) is 18.0. The maximum absolute atomic E-state index is 13.2. The number of ether oxygens (including phenoxy) is 2. The molecule has 0 saturated heterocycles. The number of nitrogens with one attached hydrogen (secondary N) is 1. The molecule has 0 spiro atoms. The van der Waals surface area contributed by atoms with Crippen LogP contribution < -0.4 is 5.32 Å². The van der Waals surface area contributed by atoms with E-state index in [9.17, 15) is 34.4 Å². The van der Waals surface area contributed by atoms with E-state index in [-0.39, 0.29) is 22.5 Å². The van der Waals surface area contributed by atoms with Crippen molar-refractivity contribution in [1.82, 2.24) is 0 Å². The molecule has 3 aromatic carbocycles. The van der Waals surface area contributed by atoms with Crippen LogP contribution in [0.5, 0.6) is 0 Å². The summed E-state index contributed by atoms with van der Waals surface area (Å²) in [7, 11) is 0. The number of non-ortho nitro benzene ring substituents is 1. The number of amides is 1. The van der Waals surface area contributed by atoms with Crippen molar-refractivity contribution in [3.05, 3.63) is 104 Å². The summed E-state index contributed by atoms with van der Waals surface area (Å²) in [5, 5.41) is 23.9. The number of carboxylic acid groups (broad SMARTS) is 1. The Hall–Kier alpha value is -4.48. The molecular formula is C25H18Cl2N2O9. The first-order valence-corrected chi connectivity index (χ1v) is 11.4. The number of nitro benzene ring substituents is 1. The molecule has 0 aliphatic heterocycles. The highest BCUT2D eigenvalue weighted by atomic mass is 35.5. The summed E-state index contributed by atoms with van der Waals surface area (Å²) in [5.41, 5.74) is -0.184. The number of aliphatic carboxylic acids is 1. The van der Waals surface area contributed by atoms with Crippen molar-refractivity contribution >= 4 is 58.4 Å². The number of aryl methyl sites for hydroxylation is 1. The van der Waals surface area contributed by atoms with E-state index < -0.39 is 40.9 Å².